The van der Waals surface area contributed by atoms with Crippen LogP contribution in [0.5, 0.6) is 11.6 Å². The van der Waals surface area contributed by atoms with Crippen molar-refractivity contribution < 1.29 is 4.74 Å². The standard InChI is InChI=1S/C22H23N5OS/c1-2-8-16-15(6-1)7-3-10-19(16)28-20-17(9-4-11-23-20)18-14-29-22(26-18)27-21-24-12-5-13-25-21/h3-4,7,9-11,14H,1-2,5-6,8,12-13H2,(H2,24,25,26,27). The highest BCUT2D eigenvalue weighted by molar-refractivity contribution is 7.14. The van der Waals surface area contributed by atoms with E-state index in [1.165, 1.54) is 24.0 Å². The fourth-order valence-electron chi connectivity index (χ4n) is 3.79. The molecule has 0 spiro atoms. The second-order valence-electron chi connectivity index (χ2n) is 7.23. The summed E-state index contributed by atoms with van der Waals surface area (Å²) in [6.07, 6.45) is 7.48. The average Bonchev–Trinajstić information content (AvgIpc) is 3.23. The van der Waals surface area contributed by atoms with Gasteiger partial charge in [0.1, 0.15) is 5.75 Å². The van der Waals surface area contributed by atoms with Crippen molar-refractivity contribution in [2.45, 2.75) is 32.1 Å². The predicted molar refractivity (Wildman–Crippen MR) is 117 cm³/mol. The fraction of sp³-hybridized carbons (Fsp3) is 0.318. The van der Waals surface area contributed by atoms with Crippen LogP contribution in [0.25, 0.3) is 11.3 Å². The Hall–Kier alpha value is -2.93. The van der Waals surface area contributed by atoms with Gasteiger partial charge in [-0.2, -0.15) is 0 Å². The van der Waals surface area contributed by atoms with Crippen LogP contribution < -0.4 is 15.4 Å². The lowest BCUT2D eigenvalue weighted by Gasteiger charge is -2.19. The van der Waals surface area contributed by atoms with Gasteiger partial charge in [0.05, 0.1) is 11.3 Å². The van der Waals surface area contributed by atoms with Gasteiger partial charge in [-0.1, -0.05) is 12.1 Å². The Morgan fingerprint density at radius 2 is 2.03 bits per heavy atom. The van der Waals surface area contributed by atoms with Crippen LogP contribution in [0.2, 0.25) is 0 Å². The van der Waals surface area contributed by atoms with Crippen LogP contribution in [0.4, 0.5) is 5.13 Å². The van der Waals surface area contributed by atoms with Crippen LogP contribution >= 0.6 is 11.3 Å². The summed E-state index contributed by atoms with van der Waals surface area (Å²) >= 11 is 1.55. The molecule has 7 heteroatoms. The number of guanidine groups is 1. The quantitative estimate of drug-likeness (QED) is 0.662. The predicted octanol–water partition coefficient (Wildman–Crippen LogP) is 4.64. The molecular formula is C22H23N5OS. The Morgan fingerprint density at radius 1 is 1.07 bits per heavy atom. The number of nitrogens with zero attached hydrogens (tertiary/aromatic N) is 3. The zero-order valence-electron chi connectivity index (χ0n) is 16.1. The van der Waals surface area contributed by atoms with Crippen LogP contribution in [-0.2, 0) is 12.8 Å². The van der Waals surface area contributed by atoms with Crippen molar-refractivity contribution in [3.05, 3.63) is 53.0 Å². The zero-order chi connectivity index (χ0) is 19.5. The molecule has 148 valence electrons. The number of pyridine rings is 1. The van der Waals surface area contributed by atoms with E-state index in [1.54, 1.807) is 17.5 Å². The summed E-state index contributed by atoms with van der Waals surface area (Å²) < 4.78 is 6.32. The number of nitrogens with one attached hydrogen (secondary N) is 2. The van der Waals surface area contributed by atoms with E-state index in [9.17, 15) is 0 Å². The summed E-state index contributed by atoms with van der Waals surface area (Å²) in [4.78, 5) is 13.7. The van der Waals surface area contributed by atoms with E-state index >= 15 is 0 Å². The van der Waals surface area contributed by atoms with Crippen molar-refractivity contribution in [3.63, 3.8) is 0 Å². The third-order valence-electron chi connectivity index (χ3n) is 5.23. The molecule has 0 bridgehead atoms. The zero-order valence-corrected chi connectivity index (χ0v) is 17.0. The first-order chi connectivity index (χ1) is 14.4. The average molecular weight is 406 g/mol. The molecular weight excluding hydrogens is 382 g/mol. The number of aliphatic imine (C=N–C) groups is 1. The van der Waals surface area contributed by atoms with Crippen LogP contribution in [0, 0.1) is 0 Å². The molecule has 1 aliphatic heterocycles. The van der Waals surface area contributed by atoms with Gasteiger partial charge in [-0.15, -0.1) is 11.3 Å². The Balaban J connectivity index is 1.41. The van der Waals surface area contributed by atoms with Crippen LogP contribution in [0.1, 0.15) is 30.4 Å². The lowest BCUT2D eigenvalue weighted by molar-refractivity contribution is 0.454. The van der Waals surface area contributed by atoms with Gasteiger partial charge in [0, 0.05) is 24.7 Å². The summed E-state index contributed by atoms with van der Waals surface area (Å²) in [7, 11) is 0. The Morgan fingerprint density at radius 3 is 2.97 bits per heavy atom. The Labute approximate surface area is 174 Å². The van der Waals surface area contributed by atoms with E-state index in [2.05, 4.69) is 32.7 Å². The number of aromatic nitrogens is 2. The maximum atomic E-state index is 6.32. The molecule has 1 aliphatic carbocycles. The lowest BCUT2D eigenvalue weighted by Crippen LogP contribution is -2.35. The molecule has 0 saturated carbocycles. The number of hydrogen-bond acceptors (Lipinski definition) is 7. The topological polar surface area (TPSA) is 71.4 Å². The number of benzene rings is 1. The minimum atomic E-state index is 0.594. The summed E-state index contributed by atoms with van der Waals surface area (Å²) in [5, 5.41) is 9.35. The molecule has 29 heavy (non-hydrogen) atoms. The number of hydrogen-bond donors (Lipinski definition) is 2. The molecule has 0 amide bonds. The van der Waals surface area contributed by atoms with Crippen molar-refractivity contribution in [1.82, 2.24) is 15.3 Å². The summed E-state index contributed by atoms with van der Waals surface area (Å²) in [6.45, 7) is 1.78. The first kappa shape index (κ1) is 18.1. The molecule has 2 aromatic heterocycles. The van der Waals surface area contributed by atoms with Gasteiger partial charge in [-0.25, -0.2) is 9.97 Å². The second-order valence-corrected chi connectivity index (χ2v) is 8.09. The third kappa shape index (κ3) is 3.96. The largest absolute Gasteiger partial charge is 0.438 e. The number of fused-ring (bicyclic) bond motifs is 1. The summed E-state index contributed by atoms with van der Waals surface area (Å²) in [5.74, 6) is 2.30. The molecule has 1 aromatic carbocycles. The van der Waals surface area contributed by atoms with Crippen molar-refractivity contribution in [2.24, 2.45) is 4.99 Å². The SMILES string of the molecule is c1cc2c(c(Oc3ncccc3-c3csc(NC4=NCCCN4)n3)c1)CCCC2. The molecule has 0 fully saturated rings. The maximum absolute atomic E-state index is 6.32. The second kappa shape index (κ2) is 8.21. The molecule has 0 atom stereocenters. The van der Waals surface area contributed by atoms with Gasteiger partial charge >= 0.3 is 0 Å². The van der Waals surface area contributed by atoms with Gasteiger partial charge in [0.15, 0.2) is 11.1 Å². The number of thiazole rings is 1. The first-order valence-corrected chi connectivity index (χ1v) is 11.0. The smallest absolute Gasteiger partial charge is 0.228 e. The normalized spacial score (nSPS) is 15.8. The van der Waals surface area contributed by atoms with Gasteiger partial charge in [0.2, 0.25) is 5.88 Å². The van der Waals surface area contributed by atoms with E-state index in [0.29, 0.717) is 5.88 Å². The van der Waals surface area contributed by atoms with Gasteiger partial charge < -0.3 is 15.4 Å². The van der Waals surface area contributed by atoms with E-state index in [1.807, 2.05) is 23.6 Å². The molecule has 0 saturated heterocycles. The maximum Gasteiger partial charge on any atom is 0.228 e. The minimum Gasteiger partial charge on any atom is -0.438 e. The Kier molecular flexibility index (Phi) is 5.13. The highest BCUT2D eigenvalue weighted by Crippen LogP contribution is 2.36. The molecule has 3 aromatic rings. The highest BCUT2D eigenvalue weighted by Gasteiger charge is 2.18. The van der Waals surface area contributed by atoms with E-state index < -0.39 is 0 Å². The Bertz CT molecular complexity index is 1050. The van der Waals surface area contributed by atoms with E-state index in [0.717, 1.165) is 60.4 Å². The molecule has 5 rings (SSSR count). The number of aryl methyl sites for hydroxylation is 1. The van der Waals surface area contributed by atoms with Crippen molar-refractivity contribution in [3.8, 4) is 22.9 Å². The van der Waals surface area contributed by atoms with Crippen LogP contribution in [0.15, 0.2) is 46.9 Å². The number of anilines is 1. The number of rotatable bonds is 4. The molecule has 6 nitrogen and oxygen atoms in total. The van der Waals surface area contributed by atoms with Gasteiger partial charge in [-0.3, -0.25) is 4.99 Å². The van der Waals surface area contributed by atoms with Crippen molar-refractivity contribution >= 4 is 22.4 Å². The minimum absolute atomic E-state index is 0.594. The lowest BCUT2D eigenvalue weighted by atomic mass is 9.91. The molecule has 0 unspecified atom stereocenters. The summed E-state index contributed by atoms with van der Waals surface area (Å²) in [5.41, 5.74) is 4.45. The van der Waals surface area contributed by atoms with E-state index in [4.69, 9.17) is 9.72 Å². The van der Waals surface area contributed by atoms with Crippen LogP contribution in [-0.4, -0.2) is 29.0 Å². The monoisotopic (exact) mass is 405 g/mol. The van der Waals surface area contributed by atoms with Gasteiger partial charge in [0.25, 0.3) is 0 Å². The molecule has 2 N–H and O–H groups in total. The molecule has 2 aliphatic rings. The fourth-order valence-corrected chi connectivity index (χ4v) is 4.50. The third-order valence-corrected chi connectivity index (χ3v) is 5.99. The van der Waals surface area contributed by atoms with Crippen molar-refractivity contribution in [1.29, 1.82) is 0 Å². The first-order valence-electron chi connectivity index (χ1n) is 10.1. The van der Waals surface area contributed by atoms with Gasteiger partial charge in [-0.05, 0) is 61.4 Å². The van der Waals surface area contributed by atoms with E-state index in [-0.39, 0.29) is 0 Å². The summed E-state index contributed by atoms with van der Waals surface area (Å²) in [6, 6.07) is 10.3. The van der Waals surface area contributed by atoms with Crippen LogP contribution in [0.3, 0.4) is 0 Å². The number of ether oxygens (including phenoxy) is 1. The molecule has 3 heterocycles. The van der Waals surface area contributed by atoms with Crippen molar-refractivity contribution in [2.75, 3.05) is 18.4 Å². The molecule has 0 radical (unpaired) electrons. The highest BCUT2D eigenvalue weighted by atomic mass is 32.1.